The van der Waals surface area contributed by atoms with Crippen molar-refractivity contribution in [3.05, 3.63) is 30.4 Å². The molecule has 5 heteroatoms. The molecule has 0 spiro atoms. The lowest BCUT2D eigenvalue weighted by molar-refractivity contribution is 0.379. The van der Waals surface area contributed by atoms with Crippen LogP contribution in [0.15, 0.2) is 29.0 Å². The third-order valence-electron chi connectivity index (χ3n) is 1.72. The molecule has 0 aromatic carbocycles. The molecule has 0 aliphatic heterocycles. The van der Waals surface area contributed by atoms with Gasteiger partial charge in [0.1, 0.15) is 5.38 Å². The van der Waals surface area contributed by atoms with Crippen molar-refractivity contribution in [2.75, 3.05) is 0 Å². The summed E-state index contributed by atoms with van der Waals surface area (Å²) in [6.45, 7) is 1.78. The van der Waals surface area contributed by atoms with Gasteiger partial charge in [0.25, 0.3) is 0 Å². The molecular formula is C9H8ClN3O. The van der Waals surface area contributed by atoms with Crippen LogP contribution >= 0.6 is 11.6 Å². The van der Waals surface area contributed by atoms with Gasteiger partial charge in [-0.25, -0.2) is 0 Å². The first-order valence-corrected chi connectivity index (χ1v) is 4.59. The van der Waals surface area contributed by atoms with E-state index in [9.17, 15) is 0 Å². The van der Waals surface area contributed by atoms with Crippen molar-refractivity contribution in [3.8, 4) is 11.4 Å². The summed E-state index contributed by atoms with van der Waals surface area (Å²) in [6.07, 6.45) is 3.35. The molecule has 0 saturated carbocycles. The van der Waals surface area contributed by atoms with Gasteiger partial charge in [-0.1, -0.05) is 5.16 Å². The van der Waals surface area contributed by atoms with Crippen molar-refractivity contribution >= 4 is 11.6 Å². The Morgan fingerprint density at radius 1 is 1.36 bits per heavy atom. The SMILES string of the molecule is CC(Cl)c1nc(-c2ccncc2)no1. The molecule has 0 N–H and O–H groups in total. The second-order valence-electron chi connectivity index (χ2n) is 2.81. The number of pyridine rings is 1. The smallest absolute Gasteiger partial charge is 0.244 e. The van der Waals surface area contributed by atoms with E-state index in [-0.39, 0.29) is 5.38 Å². The van der Waals surface area contributed by atoms with Crippen LogP contribution in [0.2, 0.25) is 0 Å². The van der Waals surface area contributed by atoms with E-state index >= 15 is 0 Å². The maximum Gasteiger partial charge on any atom is 0.244 e. The summed E-state index contributed by atoms with van der Waals surface area (Å²) in [7, 11) is 0. The van der Waals surface area contributed by atoms with E-state index in [2.05, 4.69) is 15.1 Å². The van der Waals surface area contributed by atoms with Crippen LogP contribution in [0.5, 0.6) is 0 Å². The van der Waals surface area contributed by atoms with Crippen LogP contribution in [0, 0.1) is 0 Å². The predicted octanol–water partition coefficient (Wildman–Crippen LogP) is 2.43. The Labute approximate surface area is 85.9 Å². The highest BCUT2D eigenvalue weighted by atomic mass is 35.5. The molecule has 0 amide bonds. The highest BCUT2D eigenvalue weighted by molar-refractivity contribution is 6.20. The summed E-state index contributed by atoms with van der Waals surface area (Å²) >= 11 is 5.80. The molecule has 14 heavy (non-hydrogen) atoms. The van der Waals surface area contributed by atoms with E-state index in [1.165, 1.54) is 0 Å². The van der Waals surface area contributed by atoms with Gasteiger partial charge in [-0.3, -0.25) is 4.98 Å². The summed E-state index contributed by atoms with van der Waals surface area (Å²) in [5.41, 5.74) is 0.868. The minimum absolute atomic E-state index is 0.266. The van der Waals surface area contributed by atoms with Gasteiger partial charge in [-0.2, -0.15) is 4.98 Å². The molecule has 72 valence electrons. The van der Waals surface area contributed by atoms with E-state index in [4.69, 9.17) is 16.1 Å². The van der Waals surface area contributed by atoms with Crippen LogP contribution in [-0.2, 0) is 0 Å². The molecule has 2 aromatic heterocycles. The number of nitrogens with zero attached hydrogens (tertiary/aromatic N) is 3. The monoisotopic (exact) mass is 209 g/mol. The molecule has 2 aromatic rings. The minimum atomic E-state index is -0.266. The van der Waals surface area contributed by atoms with Gasteiger partial charge in [0.05, 0.1) is 0 Å². The molecule has 0 bridgehead atoms. The predicted molar refractivity (Wildman–Crippen MR) is 51.8 cm³/mol. The number of alkyl halides is 1. The first-order chi connectivity index (χ1) is 6.77. The maximum atomic E-state index is 5.80. The largest absolute Gasteiger partial charge is 0.337 e. The first kappa shape index (κ1) is 9.15. The topological polar surface area (TPSA) is 51.8 Å². The lowest BCUT2D eigenvalue weighted by Crippen LogP contribution is -1.84. The molecule has 0 aliphatic carbocycles. The van der Waals surface area contributed by atoms with Gasteiger partial charge in [-0.05, 0) is 19.1 Å². The quantitative estimate of drug-likeness (QED) is 0.713. The second kappa shape index (κ2) is 3.75. The molecule has 0 saturated heterocycles. The normalized spacial score (nSPS) is 12.7. The number of halogens is 1. The Bertz CT molecular complexity index is 413. The fourth-order valence-corrected chi connectivity index (χ4v) is 1.10. The molecule has 1 unspecified atom stereocenters. The number of aromatic nitrogens is 3. The fraction of sp³-hybridized carbons (Fsp3) is 0.222. The van der Waals surface area contributed by atoms with E-state index in [1.54, 1.807) is 19.3 Å². The van der Waals surface area contributed by atoms with Gasteiger partial charge >= 0.3 is 0 Å². The number of hydrogen-bond donors (Lipinski definition) is 0. The van der Waals surface area contributed by atoms with Crippen molar-refractivity contribution < 1.29 is 4.52 Å². The fourth-order valence-electron chi connectivity index (χ4n) is 1.02. The van der Waals surface area contributed by atoms with Crippen LogP contribution in [0.25, 0.3) is 11.4 Å². The van der Waals surface area contributed by atoms with Gasteiger partial charge in [0.15, 0.2) is 0 Å². The summed E-state index contributed by atoms with van der Waals surface area (Å²) in [5.74, 6) is 0.966. The lowest BCUT2D eigenvalue weighted by atomic mass is 10.2. The molecular weight excluding hydrogens is 202 g/mol. The lowest BCUT2D eigenvalue weighted by Gasteiger charge is -1.91. The molecule has 0 aliphatic rings. The Balaban J connectivity index is 2.34. The van der Waals surface area contributed by atoms with Gasteiger partial charge in [0.2, 0.25) is 11.7 Å². The first-order valence-electron chi connectivity index (χ1n) is 4.15. The van der Waals surface area contributed by atoms with Gasteiger partial charge in [0, 0.05) is 18.0 Å². The zero-order valence-electron chi connectivity index (χ0n) is 7.51. The van der Waals surface area contributed by atoms with Gasteiger partial charge < -0.3 is 4.52 Å². The Morgan fingerprint density at radius 2 is 2.07 bits per heavy atom. The molecule has 2 rings (SSSR count). The molecule has 0 radical (unpaired) electrons. The van der Waals surface area contributed by atoms with Gasteiger partial charge in [-0.15, -0.1) is 11.6 Å². The summed E-state index contributed by atoms with van der Waals surface area (Å²) < 4.78 is 4.97. The van der Waals surface area contributed by atoms with E-state index in [0.29, 0.717) is 11.7 Å². The highest BCUT2D eigenvalue weighted by Gasteiger charge is 2.12. The average molecular weight is 210 g/mol. The third kappa shape index (κ3) is 1.75. The highest BCUT2D eigenvalue weighted by Crippen LogP contribution is 2.20. The van der Waals surface area contributed by atoms with E-state index in [0.717, 1.165) is 5.56 Å². The van der Waals surface area contributed by atoms with Crippen molar-refractivity contribution in [1.82, 2.24) is 15.1 Å². The zero-order chi connectivity index (χ0) is 9.97. The Kier molecular flexibility index (Phi) is 2.45. The summed E-state index contributed by atoms with van der Waals surface area (Å²) in [5, 5.41) is 3.54. The molecule has 0 fully saturated rings. The van der Waals surface area contributed by atoms with E-state index in [1.807, 2.05) is 12.1 Å². The van der Waals surface area contributed by atoms with Crippen LogP contribution < -0.4 is 0 Å². The summed E-state index contributed by atoms with van der Waals surface area (Å²) in [6, 6.07) is 3.63. The Hall–Kier alpha value is -1.42. The minimum Gasteiger partial charge on any atom is -0.337 e. The van der Waals surface area contributed by atoms with Crippen LogP contribution in [0.4, 0.5) is 0 Å². The molecule has 1 atom stereocenters. The zero-order valence-corrected chi connectivity index (χ0v) is 8.27. The third-order valence-corrected chi connectivity index (χ3v) is 1.91. The summed E-state index contributed by atoms with van der Waals surface area (Å²) in [4.78, 5) is 8.04. The molecule has 4 nitrogen and oxygen atoms in total. The van der Waals surface area contributed by atoms with E-state index < -0.39 is 0 Å². The van der Waals surface area contributed by atoms with Crippen molar-refractivity contribution in [2.45, 2.75) is 12.3 Å². The van der Waals surface area contributed by atoms with Crippen molar-refractivity contribution in [2.24, 2.45) is 0 Å². The van der Waals surface area contributed by atoms with Crippen molar-refractivity contribution in [3.63, 3.8) is 0 Å². The van der Waals surface area contributed by atoms with Crippen LogP contribution in [-0.4, -0.2) is 15.1 Å². The molecule has 2 heterocycles. The standard InChI is InChI=1S/C9H8ClN3O/c1-6(10)9-12-8(13-14-9)7-2-4-11-5-3-7/h2-6H,1H3. The second-order valence-corrected chi connectivity index (χ2v) is 3.46. The van der Waals surface area contributed by atoms with Crippen LogP contribution in [0.3, 0.4) is 0 Å². The van der Waals surface area contributed by atoms with Crippen molar-refractivity contribution in [1.29, 1.82) is 0 Å². The number of rotatable bonds is 2. The Morgan fingerprint density at radius 3 is 2.64 bits per heavy atom. The van der Waals surface area contributed by atoms with Crippen LogP contribution in [0.1, 0.15) is 18.2 Å². The average Bonchev–Trinajstić information content (AvgIpc) is 2.68. The maximum absolute atomic E-state index is 5.80. The number of hydrogen-bond acceptors (Lipinski definition) is 4.